The summed E-state index contributed by atoms with van der Waals surface area (Å²) in [6.45, 7) is 4.35. The summed E-state index contributed by atoms with van der Waals surface area (Å²) in [5, 5.41) is 6.65. The molecule has 2 N–H and O–H groups in total. The van der Waals surface area contributed by atoms with Crippen molar-refractivity contribution < 1.29 is 19.2 Å². The lowest BCUT2D eigenvalue weighted by Gasteiger charge is -2.45. The summed E-state index contributed by atoms with van der Waals surface area (Å²) in [6.07, 6.45) is 5.21. The molecule has 3 aliphatic rings. The van der Waals surface area contributed by atoms with Crippen molar-refractivity contribution in [3.05, 3.63) is 70.2 Å². The van der Waals surface area contributed by atoms with Crippen molar-refractivity contribution in [3.8, 4) is 0 Å². The fraction of sp³-hybridized carbons (Fsp3) is 0.529. The first-order chi connectivity index (χ1) is 21.2. The van der Waals surface area contributed by atoms with E-state index in [4.69, 9.17) is 11.6 Å². The maximum Gasteiger partial charge on any atom is 0.247 e. The van der Waals surface area contributed by atoms with Gasteiger partial charge in [-0.1, -0.05) is 72.8 Å². The molecule has 4 amide bonds. The average molecular weight is 622 g/mol. The summed E-state index contributed by atoms with van der Waals surface area (Å²) in [6, 6.07) is 13.7. The van der Waals surface area contributed by atoms with Crippen LogP contribution in [0, 0.1) is 12.8 Å². The molecule has 0 radical (unpaired) electrons. The Hall–Kier alpha value is -3.43. The van der Waals surface area contributed by atoms with E-state index in [-0.39, 0.29) is 42.6 Å². The molecule has 2 aromatic carbocycles. The SMILES string of the molecule is CN[C@@H](C)C(=O)N[C@H](C(=O)N1CC(=O)N2[C@@H]1CN(CCc1ccc(Cl)cc1)C(=O)[C@@H]2Cc1ccc(C)cc1)C1CCCCC1. The Labute approximate surface area is 265 Å². The molecule has 0 unspecified atom stereocenters. The van der Waals surface area contributed by atoms with Crippen molar-refractivity contribution in [2.75, 3.05) is 26.7 Å². The van der Waals surface area contributed by atoms with E-state index >= 15 is 0 Å². The van der Waals surface area contributed by atoms with Crippen LogP contribution >= 0.6 is 11.6 Å². The van der Waals surface area contributed by atoms with Crippen LogP contribution in [0.5, 0.6) is 0 Å². The third kappa shape index (κ3) is 7.10. The topological polar surface area (TPSA) is 102 Å². The van der Waals surface area contributed by atoms with Crippen molar-refractivity contribution in [1.82, 2.24) is 25.3 Å². The molecular formula is C34H44ClN5O4. The van der Waals surface area contributed by atoms with Crippen molar-refractivity contribution in [2.45, 2.75) is 83.1 Å². The van der Waals surface area contributed by atoms with Crippen LogP contribution in [0.1, 0.15) is 55.7 Å². The number of carbonyl (C=O) groups excluding carboxylic acids is 4. The quantitative estimate of drug-likeness (QED) is 0.424. The van der Waals surface area contributed by atoms with Gasteiger partial charge in [-0.05, 0) is 69.3 Å². The summed E-state index contributed by atoms with van der Waals surface area (Å²) >= 11 is 6.08. The van der Waals surface area contributed by atoms with Crippen LogP contribution in [-0.4, -0.2) is 89.3 Å². The van der Waals surface area contributed by atoms with Crippen LogP contribution < -0.4 is 10.6 Å². The van der Waals surface area contributed by atoms with Gasteiger partial charge >= 0.3 is 0 Å². The van der Waals surface area contributed by atoms with Gasteiger partial charge in [0.05, 0.1) is 12.6 Å². The van der Waals surface area contributed by atoms with E-state index < -0.39 is 24.3 Å². The normalized spacial score (nSPS) is 22.1. The van der Waals surface area contributed by atoms with Gasteiger partial charge in [0.1, 0.15) is 24.8 Å². The van der Waals surface area contributed by atoms with E-state index in [2.05, 4.69) is 10.6 Å². The molecule has 44 heavy (non-hydrogen) atoms. The number of nitrogens with one attached hydrogen (secondary N) is 2. The first kappa shape index (κ1) is 32.0. The highest BCUT2D eigenvalue weighted by Gasteiger charge is 2.52. The number of nitrogens with zero attached hydrogens (tertiary/aromatic N) is 3. The van der Waals surface area contributed by atoms with E-state index in [9.17, 15) is 19.2 Å². The summed E-state index contributed by atoms with van der Waals surface area (Å²) < 4.78 is 0. The summed E-state index contributed by atoms with van der Waals surface area (Å²) in [5.41, 5.74) is 3.12. The predicted molar refractivity (Wildman–Crippen MR) is 170 cm³/mol. The number of carbonyl (C=O) groups is 4. The van der Waals surface area contributed by atoms with Gasteiger partial charge in [0.15, 0.2) is 0 Å². The minimum absolute atomic E-state index is 0.00277. The number of rotatable bonds is 10. The molecule has 0 spiro atoms. The molecule has 3 fully saturated rings. The maximum absolute atomic E-state index is 14.4. The molecule has 1 saturated carbocycles. The second-order valence-electron chi connectivity index (χ2n) is 12.5. The second-order valence-corrected chi connectivity index (χ2v) is 12.9. The molecule has 10 heteroatoms. The fourth-order valence-corrected chi connectivity index (χ4v) is 6.87. The third-order valence-corrected chi connectivity index (χ3v) is 9.77. The molecule has 1 aliphatic carbocycles. The van der Waals surface area contributed by atoms with Gasteiger partial charge in [-0.3, -0.25) is 19.2 Å². The van der Waals surface area contributed by atoms with Crippen molar-refractivity contribution >= 4 is 35.2 Å². The molecule has 9 nitrogen and oxygen atoms in total. The standard InChI is InChI=1S/C34H44ClN5O4/c1-22-9-11-25(12-10-22)19-28-33(43)38(18-17-24-13-15-27(35)16-14-24)20-29-39(21-30(41)40(28)29)34(44)31(26-7-5-4-6-8-26)37-32(42)23(2)36-3/h9-16,23,26,28-29,31,36H,4-8,17-21H2,1-3H3,(H,37,42)/t23-,28-,29+,31-/m0/s1. The number of likely N-dealkylation sites (N-methyl/N-ethyl adjacent to an activating group) is 1. The number of amides is 4. The number of hydrogen-bond acceptors (Lipinski definition) is 5. The van der Waals surface area contributed by atoms with Gasteiger partial charge in [0.2, 0.25) is 23.6 Å². The largest absolute Gasteiger partial charge is 0.343 e. The number of aryl methyl sites for hydroxylation is 1. The molecule has 2 heterocycles. The van der Waals surface area contributed by atoms with Crippen LogP contribution in [-0.2, 0) is 32.0 Å². The summed E-state index contributed by atoms with van der Waals surface area (Å²) in [5.74, 6) is -0.820. The van der Waals surface area contributed by atoms with Gasteiger partial charge in [-0.25, -0.2) is 0 Å². The molecule has 4 atom stereocenters. The lowest BCUT2D eigenvalue weighted by Crippen LogP contribution is -2.66. The first-order valence-electron chi connectivity index (χ1n) is 15.8. The van der Waals surface area contributed by atoms with Crippen molar-refractivity contribution in [1.29, 1.82) is 0 Å². The van der Waals surface area contributed by atoms with Gasteiger partial charge in [0, 0.05) is 18.0 Å². The van der Waals surface area contributed by atoms with E-state index in [0.717, 1.165) is 48.8 Å². The third-order valence-electron chi connectivity index (χ3n) is 9.52. The van der Waals surface area contributed by atoms with Crippen LogP contribution in [0.2, 0.25) is 5.02 Å². The molecule has 2 saturated heterocycles. The number of halogens is 1. The minimum atomic E-state index is -0.723. The Morgan fingerprint density at radius 1 is 0.977 bits per heavy atom. The molecular weight excluding hydrogens is 578 g/mol. The van der Waals surface area contributed by atoms with E-state index in [1.54, 1.807) is 28.7 Å². The van der Waals surface area contributed by atoms with E-state index in [1.165, 1.54) is 0 Å². The number of fused-ring (bicyclic) bond motifs is 1. The zero-order valence-corrected chi connectivity index (χ0v) is 26.7. The highest BCUT2D eigenvalue weighted by molar-refractivity contribution is 6.30. The van der Waals surface area contributed by atoms with Crippen molar-refractivity contribution in [3.63, 3.8) is 0 Å². The van der Waals surface area contributed by atoms with Crippen LogP contribution in [0.3, 0.4) is 0 Å². The van der Waals surface area contributed by atoms with Crippen molar-refractivity contribution in [2.24, 2.45) is 5.92 Å². The molecule has 2 aromatic rings. The van der Waals surface area contributed by atoms with E-state index in [1.807, 2.05) is 55.5 Å². The summed E-state index contributed by atoms with van der Waals surface area (Å²) in [4.78, 5) is 60.2. The Bertz CT molecular complexity index is 1340. The van der Waals surface area contributed by atoms with Crippen LogP contribution in [0.4, 0.5) is 0 Å². The zero-order chi connectivity index (χ0) is 31.4. The Morgan fingerprint density at radius 3 is 2.30 bits per heavy atom. The Balaban J connectivity index is 1.43. The fourth-order valence-electron chi connectivity index (χ4n) is 6.75. The van der Waals surface area contributed by atoms with Crippen LogP contribution in [0.15, 0.2) is 48.5 Å². The summed E-state index contributed by atoms with van der Waals surface area (Å²) in [7, 11) is 1.71. The highest BCUT2D eigenvalue weighted by Crippen LogP contribution is 2.32. The van der Waals surface area contributed by atoms with Gasteiger partial charge in [0.25, 0.3) is 0 Å². The lowest BCUT2D eigenvalue weighted by atomic mass is 9.83. The second kappa shape index (κ2) is 14.1. The molecule has 0 bridgehead atoms. The monoisotopic (exact) mass is 621 g/mol. The highest BCUT2D eigenvalue weighted by atomic mass is 35.5. The number of benzene rings is 2. The Kier molecular flexibility index (Phi) is 10.3. The Morgan fingerprint density at radius 2 is 1.64 bits per heavy atom. The van der Waals surface area contributed by atoms with Gasteiger partial charge < -0.3 is 25.3 Å². The predicted octanol–water partition coefficient (Wildman–Crippen LogP) is 3.31. The number of piperazine rings is 1. The maximum atomic E-state index is 14.4. The average Bonchev–Trinajstić information content (AvgIpc) is 3.37. The van der Waals surface area contributed by atoms with Crippen LogP contribution in [0.25, 0.3) is 0 Å². The molecule has 236 valence electrons. The van der Waals surface area contributed by atoms with E-state index in [0.29, 0.717) is 24.4 Å². The smallest absolute Gasteiger partial charge is 0.247 e. The van der Waals surface area contributed by atoms with Gasteiger partial charge in [-0.2, -0.15) is 0 Å². The first-order valence-corrected chi connectivity index (χ1v) is 16.2. The van der Waals surface area contributed by atoms with Gasteiger partial charge in [-0.15, -0.1) is 0 Å². The molecule has 2 aliphatic heterocycles. The molecule has 5 rings (SSSR count). The minimum Gasteiger partial charge on any atom is -0.343 e. The zero-order valence-electron chi connectivity index (χ0n) is 25.9. The molecule has 0 aromatic heterocycles. The lowest BCUT2D eigenvalue weighted by molar-refractivity contribution is -0.156. The number of hydrogen-bond donors (Lipinski definition) is 2.